The molecule has 0 bridgehead atoms. The van der Waals surface area contributed by atoms with E-state index in [-0.39, 0.29) is 11.8 Å². The standard InChI is InChI=1S/C16H15ClFNO2/c1-10(2)21-13-6-3-11(4-7-13)16(20)19-15-9-12(17)5-8-14(15)18/h3-10H,1-2H3,(H,19,20). The molecular weight excluding hydrogens is 293 g/mol. The number of ether oxygens (including phenoxy) is 1. The smallest absolute Gasteiger partial charge is 0.255 e. The highest BCUT2D eigenvalue weighted by atomic mass is 35.5. The maximum atomic E-state index is 13.6. The predicted molar refractivity (Wildman–Crippen MR) is 81.6 cm³/mol. The third-order valence-electron chi connectivity index (χ3n) is 2.66. The van der Waals surface area contributed by atoms with Crippen LogP contribution in [0.15, 0.2) is 42.5 Å². The molecule has 0 atom stereocenters. The van der Waals surface area contributed by atoms with Crippen molar-refractivity contribution in [2.24, 2.45) is 0 Å². The van der Waals surface area contributed by atoms with Crippen LogP contribution in [0.3, 0.4) is 0 Å². The van der Waals surface area contributed by atoms with Crippen molar-refractivity contribution in [3.05, 3.63) is 58.9 Å². The zero-order valence-electron chi connectivity index (χ0n) is 11.7. The number of hydrogen-bond donors (Lipinski definition) is 1. The Kier molecular flexibility index (Phi) is 4.81. The van der Waals surface area contributed by atoms with E-state index in [4.69, 9.17) is 16.3 Å². The van der Waals surface area contributed by atoms with E-state index >= 15 is 0 Å². The molecule has 110 valence electrons. The second-order valence-electron chi connectivity index (χ2n) is 4.77. The van der Waals surface area contributed by atoms with E-state index in [1.165, 1.54) is 18.2 Å². The topological polar surface area (TPSA) is 38.3 Å². The minimum atomic E-state index is -0.535. The molecule has 0 spiro atoms. The highest BCUT2D eigenvalue weighted by molar-refractivity contribution is 6.31. The number of halogens is 2. The summed E-state index contributed by atoms with van der Waals surface area (Å²) in [5, 5.41) is 2.84. The fourth-order valence-electron chi connectivity index (χ4n) is 1.74. The summed E-state index contributed by atoms with van der Waals surface area (Å²) < 4.78 is 19.1. The Labute approximate surface area is 127 Å². The van der Waals surface area contributed by atoms with Crippen LogP contribution in [0.1, 0.15) is 24.2 Å². The van der Waals surface area contributed by atoms with Gasteiger partial charge in [0.05, 0.1) is 11.8 Å². The molecule has 0 saturated carbocycles. The van der Waals surface area contributed by atoms with Gasteiger partial charge in [0.25, 0.3) is 5.91 Å². The largest absolute Gasteiger partial charge is 0.491 e. The average Bonchev–Trinajstić information content (AvgIpc) is 2.43. The van der Waals surface area contributed by atoms with Crippen molar-refractivity contribution in [3.8, 4) is 5.75 Å². The third-order valence-corrected chi connectivity index (χ3v) is 2.90. The molecule has 0 radical (unpaired) electrons. The van der Waals surface area contributed by atoms with Crippen LogP contribution in [0.25, 0.3) is 0 Å². The van der Waals surface area contributed by atoms with Gasteiger partial charge in [-0.2, -0.15) is 0 Å². The van der Waals surface area contributed by atoms with Crippen molar-refractivity contribution >= 4 is 23.2 Å². The van der Waals surface area contributed by atoms with Gasteiger partial charge in [0.15, 0.2) is 0 Å². The maximum absolute atomic E-state index is 13.6. The first-order chi connectivity index (χ1) is 9.95. The predicted octanol–water partition coefficient (Wildman–Crippen LogP) is 4.52. The summed E-state index contributed by atoms with van der Waals surface area (Å²) in [6.07, 6.45) is 0.0604. The average molecular weight is 308 g/mol. The van der Waals surface area contributed by atoms with Crippen LogP contribution in [0, 0.1) is 5.82 Å². The minimum absolute atomic E-state index is 0.0509. The maximum Gasteiger partial charge on any atom is 0.255 e. The van der Waals surface area contributed by atoms with Crippen LogP contribution in [-0.4, -0.2) is 12.0 Å². The van der Waals surface area contributed by atoms with Crippen LogP contribution in [0.4, 0.5) is 10.1 Å². The van der Waals surface area contributed by atoms with Crippen molar-refractivity contribution in [2.45, 2.75) is 20.0 Å². The minimum Gasteiger partial charge on any atom is -0.491 e. The number of hydrogen-bond acceptors (Lipinski definition) is 2. The van der Waals surface area contributed by atoms with Gasteiger partial charge in [0.1, 0.15) is 11.6 Å². The van der Waals surface area contributed by atoms with Gasteiger partial charge in [-0.3, -0.25) is 4.79 Å². The number of rotatable bonds is 4. The van der Waals surface area contributed by atoms with Gasteiger partial charge in [-0.1, -0.05) is 11.6 Å². The van der Waals surface area contributed by atoms with E-state index < -0.39 is 11.7 Å². The Morgan fingerprint density at radius 2 is 1.86 bits per heavy atom. The molecule has 5 heteroatoms. The van der Waals surface area contributed by atoms with Gasteiger partial charge in [-0.05, 0) is 56.3 Å². The zero-order chi connectivity index (χ0) is 15.4. The lowest BCUT2D eigenvalue weighted by molar-refractivity contribution is 0.102. The Bertz CT molecular complexity index is 641. The Morgan fingerprint density at radius 1 is 1.19 bits per heavy atom. The summed E-state index contributed by atoms with van der Waals surface area (Å²) >= 11 is 5.78. The first kappa shape index (κ1) is 15.3. The van der Waals surface area contributed by atoms with Crippen LogP contribution >= 0.6 is 11.6 Å². The van der Waals surface area contributed by atoms with Crippen molar-refractivity contribution in [1.29, 1.82) is 0 Å². The lowest BCUT2D eigenvalue weighted by Gasteiger charge is -2.10. The first-order valence-corrected chi connectivity index (χ1v) is 6.86. The summed E-state index contributed by atoms with van der Waals surface area (Å²) in [5.74, 6) is -0.268. The molecule has 2 aromatic rings. The lowest BCUT2D eigenvalue weighted by Crippen LogP contribution is -2.13. The molecule has 0 aliphatic heterocycles. The normalized spacial score (nSPS) is 10.5. The molecule has 0 fully saturated rings. The fraction of sp³-hybridized carbons (Fsp3) is 0.188. The molecule has 0 unspecified atom stereocenters. The summed E-state index contributed by atoms with van der Waals surface area (Å²) in [7, 11) is 0. The second kappa shape index (κ2) is 6.59. The third kappa shape index (κ3) is 4.20. The fourth-order valence-corrected chi connectivity index (χ4v) is 1.92. The van der Waals surface area contributed by atoms with Crippen molar-refractivity contribution in [3.63, 3.8) is 0 Å². The van der Waals surface area contributed by atoms with Crippen molar-refractivity contribution in [2.75, 3.05) is 5.32 Å². The summed E-state index contributed by atoms with van der Waals surface area (Å²) in [6.45, 7) is 3.84. The molecule has 21 heavy (non-hydrogen) atoms. The van der Waals surface area contributed by atoms with E-state index in [1.807, 2.05) is 13.8 Å². The molecule has 0 heterocycles. The Morgan fingerprint density at radius 3 is 2.48 bits per heavy atom. The van der Waals surface area contributed by atoms with E-state index in [0.717, 1.165) is 0 Å². The van der Waals surface area contributed by atoms with Gasteiger partial charge in [0.2, 0.25) is 0 Å². The molecule has 1 N–H and O–H groups in total. The van der Waals surface area contributed by atoms with Crippen LogP contribution in [-0.2, 0) is 0 Å². The van der Waals surface area contributed by atoms with Gasteiger partial charge in [-0.15, -0.1) is 0 Å². The summed E-state index contributed by atoms with van der Waals surface area (Å²) in [4.78, 5) is 12.0. The highest BCUT2D eigenvalue weighted by Crippen LogP contribution is 2.21. The number of nitrogens with one attached hydrogen (secondary N) is 1. The van der Waals surface area contributed by atoms with E-state index in [1.54, 1.807) is 24.3 Å². The lowest BCUT2D eigenvalue weighted by atomic mass is 10.2. The molecule has 0 aliphatic carbocycles. The molecule has 0 saturated heterocycles. The highest BCUT2D eigenvalue weighted by Gasteiger charge is 2.10. The number of anilines is 1. The van der Waals surface area contributed by atoms with Gasteiger partial charge in [-0.25, -0.2) is 4.39 Å². The zero-order valence-corrected chi connectivity index (χ0v) is 12.4. The summed E-state index contributed by atoms with van der Waals surface area (Å²) in [5.41, 5.74) is 0.459. The second-order valence-corrected chi connectivity index (χ2v) is 5.21. The Hall–Kier alpha value is -2.07. The molecule has 3 nitrogen and oxygen atoms in total. The monoisotopic (exact) mass is 307 g/mol. The van der Waals surface area contributed by atoms with Gasteiger partial charge in [0, 0.05) is 10.6 Å². The van der Waals surface area contributed by atoms with Crippen molar-refractivity contribution in [1.82, 2.24) is 0 Å². The van der Waals surface area contributed by atoms with Crippen molar-refractivity contribution < 1.29 is 13.9 Å². The first-order valence-electron chi connectivity index (χ1n) is 6.49. The molecular formula is C16H15ClFNO2. The van der Waals surface area contributed by atoms with Gasteiger partial charge < -0.3 is 10.1 Å². The summed E-state index contributed by atoms with van der Waals surface area (Å²) in [6, 6.07) is 10.6. The molecule has 2 aromatic carbocycles. The number of amides is 1. The van der Waals surface area contributed by atoms with E-state index in [9.17, 15) is 9.18 Å². The SMILES string of the molecule is CC(C)Oc1ccc(C(=O)Nc2cc(Cl)ccc2F)cc1. The molecule has 1 amide bonds. The molecule has 2 rings (SSSR count). The van der Waals surface area contributed by atoms with Crippen LogP contribution < -0.4 is 10.1 Å². The number of carbonyl (C=O) groups is 1. The molecule has 0 aromatic heterocycles. The Balaban J connectivity index is 2.11. The van der Waals surface area contributed by atoms with E-state index in [2.05, 4.69) is 5.32 Å². The van der Waals surface area contributed by atoms with Crippen LogP contribution in [0.2, 0.25) is 5.02 Å². The number of carbonyl (C=O) groups excluding carboxylic acids is 1. The van der Waals surface area contributed by atoms with Crippen LogP contribution in [0.5, 0.6) is 5.75 Å². The number of benzene rings is 2. The van der Waals surface area contributed by atoms with E-state index in [0.29, 0.717) is 16.3 Å². The quantitative estimate of drug-likeness (QED) is 0.902. The van der Waals surface area contributed by atoms with Gasteiger partial charge >= 0.3 is 0 Å². The molecule has 0 aliphatic rings.